The van der Waals surface area contributed by atoms with E-state index in [9.17, 15) is 0 Å². The fourth-order valence-corrected chi connectivity index (χ4v) is 0.910. The van der Waals surface area contributed by atoms with Crippen molar-refractivity contribution < 1.29 is 0 Å². The van der Waals surface area contributed by atoms with E-state index in [-0.39, 0.29) is 0 Å². The van der Waals surface area contributed by atoms with Crippen molar-refractivity contribution in [2.75, 3.05) is 5.73 Å². The Morgan fingerprint density at radius 3 is 2.91 bits per heavy atom. The molecule has 0 radical (unpaired) electrons. The summed E-state index contributed by atoms with van der Waals surface area (Å²) in [6.07, 6.45) is 4.86. The maximum Gasteiger partial charge on any atom is 0.126 e. The van der Waals surface area contributed by atoms with Crippen LogP contribution in [0.2, 0.25) is 0 Å². The molecule has 1 heterocycles. The molecule has 1 rings (SSSR count). The fourth-order valence-electron chi connectivity index (χ4n) is 0.910. The molecule has 0 aromatic carbocycles. The number of anilines is 1. The number of hydrogen-bond donors (Lipinski definition) is 1. The third-order valence-electron chi connectivity index (χ3n) is 1.53. The van der Waals surface area contributed by atoms with Gasteiger partial charge in [0, 0.05) is 11.8 Å². The van der Waals surface area contributed by atoms with Crippen molar-refractivity contribution >= 4 is 5.82 Å². The Morgan fingerprint density at radius 1 is 1.45 bits per heavy atom. The zero-order valence-corrected chi connectivity index (χ0v) is 6.75. The van der Waals surface area contributed by atoms with Crippen LogP contribution in [0.5, 0.6) is 0 Å². The Labute approximate surface area is 66.7 Å². The van der Waals surface area contributed by atoms with Crippen molar-refractivity contribution in [3.05, 3.63) is 18.1 Å². The molecule has 0 amide bonds. The second kappa shape index (κ2) is 3.91. The molecule has 0 spiro atoms. The van der Waals surface area contributed by atoms with Gasteiger partial charge in [0.1, 0.15) is 12.1 Å². The van der Waals surface area contributed by atoms with Crippen LogP contribution in [-0.2, 0) is 6.42 Å². The summed E-state index contributed by atoms with van der Waals surface area (Å²) in [6, 6.07) is 1.83. The molecule has 0 atom stereocenters. The van der Waals surface area contributed by atoms with E-state index in [1.54, 1.807) is 0 Å². The Bertz CT molecular complexity index is 222. The van der Waals surface area contributed by atoms with Gasteiger partial charge in [0.2, 0.25) is 0 Å². The van der Waals surface area contributed by atoms with E-state index in [1.165, 1.54) is 12.7 Å². The number of nitrogen functional groups attached to an aromatic ring is 1. The van der Waals surface area contributed by atoms with E-state index < -0.39 is 0 Å². The highest BCUT2D eigenvalue weighted by atomic mass is 14.9. The molecular weight excluding hydrogens is 138 g/mol. The van der Waals surface area contributed by atoms with E-state index in [1.807, 2.05) is 6.07 Å². The Morgan fingerprint density at radius 2 is 2.27 bits per heavy atom. The zero-order valence-electron chi connectivity index (χ0n) is 6.75. The number of aryl methyl sites for hydroxylation is 1. The summed E-state index contributed by atoms with van der Waals surface area (Å²) in [5.74, 6) is 0.561. The quantitative estimate of drug-likeness (QED) is 0.710. The largest absolute Gasteiger partial charge is 0.384 e. The van der Waals surface area contributed by atoms with Crippen LogP contribution in [0.15, 0.2) is 12.4 Å². The fraction of sp³-hybridized carbons (Fsp3) is 0.500. The smallest absolute Gasteiger partial charge is 0.126 e. The molecule has 3 heteroatoms. The maximum atomic E-state index is 5.48. The van der Waals surface area contributed by atoms with Gasteiger partial charge < -0.3 is 5.73 Å². The summed E-state index contributed by atoms with van der Waals surface area (Å²) in [5.41, 5.74) is 6.52. The lowest BCUT2D eigenvalue weighted by molar-refractivity contribution is 0.774. The van der Waals surface area contributed by atoms with Gasteiger partial charge in [-0.2, -0.15) is 0 Å². The van der Waals surface area contributed by atoms with Gasteiger partial charge in [-0.05, 0) is 12.8 Å². The summed E-state index contributed by atoms with van der Waals surface area (Å²) in [6.45, 7) is 2.16. The van der Waals surface area contributed by atoms with Crippen molar-refractivity contribution in [3.63, 3.8) is 0 Å². The van der Waals surface area contributed by atoms with Crippen LogP contribution >= 0.6 is 0 Å². The molecule has 0 saturated heterocycles. The molecule has 0 aliphatic heterocycles. The second-order valence-electron chi connectivity index (χ2n) is 2.54. The number of unbranched alkanes of at least 4 members (excludes halogenated alkanes) is 1. The minimum Gasteiger partial charge on any atom is -0.384 e. The monoisotopic (exact) mass is 151 g/mol. The molecule has 1 aromatic heterocycles. The lowest BCUT2D eigenvalue weighted by Crippen LogP contribution is -1.95. The number of hydrogen-bond acceptors (Lipinski definition) is 3. The lowest BCUT2D eigenvalue weighted by Gasteiger charge is -1.97. The summed E-state index contributed by atoms with van der Waals surface area (Å²) >= 11 is 0. The molecule has 11 heavy (non-hydrogen) atoms. The van der Waals surface area contributed by atoms with Gasteiger partial charge in [-0.25, -0.2) is 9.97 Å². The van der Waals surface area contributed by atoms with Gasteiger partial charge >= 0.3 is 0 Å². The topological polar surface area (TPSA) is 51.8 Å². The Balaban J connectivity index is 2.56. The maximum absolute atomic E-state index is 5.48. The van der Waals surface area contributed by atoms with E-state index in [0.29, 0.717) is 5.82 Å². The van der Waals surface area contributed by atoms with Crippen LogP contribution in [0.3, 0.4) is 0 Å². The van der Waals surface area contributed by atoms with Crippen molar-refractivity contribution in [2.24, 2.45) is 0 Å². The van der Waals surface area contributed by atoms with E-state index >= 15 is 0 Å². The summed E-state index contributed by atoms with van der Waals surface area (Å²) < 4.78 is 0. The number of aromatic nitrogens is 2. The first-order chi connectivity index (χ1) is 5.33. The van der Waals surface area contributed by atoms with E-state index in [0.717, 1.165) is 18.5 Å². The number of nitrogens with two attached hydrogens (primary N) is 1. The first-order valence-corrected chi connectivity index (χ1v) is 3.89. The Kier molecular flexibility index (Phi) is 2.83. The van der Waals surface area contributed by atoms with Gasteiger partial charge in [-0.15, -0.1) is 0 Å². The van der Waals surface area contributed by atoms with Crippen LogP contribution in [0, 0.1) is 0 Å². The van der Waals surface area contributed by atoms with E-state index in [2.05, 4.69) is 16.9 Å². The zero-order chi connectivity index (χ0) is 8.10. The molecule has 2 N–H and O–H groups in total. The molecule has 0 bridgehead atoms. The van der Waals surface area contributed by atoms with Crippen LogP contribution in [0.4, 0.5) is 5.82 Å². The van der Waals surface area contributed by atoms with Crippen molar-refractivity contribution in [1.29, 1.82) is 0 Å². The molecule has 1 aromatic rings. The highest BCUT2D eigenvalue weighted by molar-refractivity contribution is 5.27. The first kappa shape index (κ1) is 7.98. The molecule has 0 unspecified atom stereocenters. The van der Waals surface area contributed by atoms with Crippen molar-refractivity contribution in [1.82, 2.24) is 9.97 Å². The second-order valence-corrected chi connectivity index (χ2v) is 2.54. The van der Waals surface area contributed by atoms with Gasteiger partial charge in [-0.3, -0.25) is 0 Å². The van der Waals surface area contributed by atoms with E-state index in [4.69, 9.17) is 5.73 Å². The van der Waals surface area contributed by atoms with Crippen LogP contribution in [0.25, 0.3) is 0 Å². The average Bonchev–Trinajstić information content (AvgIpc) is 2.01. The molecule has 3 nitrogen and oxygen atoms in total. The van der Waals surface area contributed by atoms with Gasteiger partial charge in [-0.1, -0.05) is 13.3 Å². The van der Waals surface area contributed by atoms with Gasteiger partial charge in [0.15, 0.2) is 0 Å². The predicted molar refractivity (Wildman–Crippen MR) is 45.1 cm³/mol. The van der Waals surface area contributed by atoms with Gasteiger partial charge in [0.25, 0.3) is 0 Å². The van der Waals surface area contributed by atoms with Crippen molar-refractivity contribution in [2.45, 2.75) is 26.2 Å². The minimum atomic E-state index is 0.561. The predicted octanol–water partition coefficient (Wildman–Crippen LogP) is 1.40. The van der Waals surface area contributed by atoms with Crippen molar-refractivity contribution in [3.8, 4) is 0 Å². The third-order valence-corrected chi connectivity index (χ3v) is 1.53. The van der Waals surface area contributed by atoms with Crippen LogP contribution < -0.4 is 5.73 Å². The highest BCUT2D eigenvalue weighted by Gasteiger charge is 1.93. The molecule has 0 saturated carbocycles. The SMILES string of the molecule is CCCCc1cc(N)ncn1. The van der Waals surface area contributed by atoms with Crippen LogP contribution in [0.1, 0.15) is 25.5 Å². The molecular formula is C8H13N3. The van der Waals surface area contributed by atoms with Crippen LogP contribution in [-0.4, -0.2) is 9.97 Å². The number of nitrogens with zero attached hydrogens (tertiary/aromatic N) is 2. The molecule has 0 aliphatic rings. The summed E-state index contributed by atoms with van der Waals surface area (Å²) in [7, 11) is 0. The molecule has 0 aliphatic carbocycles. The van der Waals surface area contributed by atoms with Gasteiger partial charge in [0.05, 0.1) is 0 Å². The average molecular weight is 151 g/mol. The normalized spacial score (nSPS) is 9.91. The summed E-state index contributed by atoms with van der Waals surface area (Å²) in [5, 5.41) is 0. The summed E-state index contributed by atoms with van der Waals surface area (Å²) in [4.78, 5) is 7.90. The minimum absolute atomic E-state index is 0.561. The standard InChI is InChI=1S/C8H13N3/c1-2-3-4-7-5-8(9)11-6-10-7/h5-6H,2-4H2,1H3,(H2,9,10,11). The molecule has 0 fully saturated rings. The Hall–Kier alpha value is -1.12. The molecule has 60 valence electrons. The lowest BCUT2D eigenvalue weighted by atomic mass is 10.2. The third kappa shape index (κ3) is 2.53. The first-order valence-electron chi connectivity index (χ1n) is 3.89. The highest BCUT2D eigenvalue weighted by Crippen LogP contribution is 2.03. The number of rotatable bonds is 3.